The van der Waals surface area contributed by atoms with Crippen LogP contribution < -0.4 is 5.32 Å². The van der Waals surface area contributed by atoms with Crippen molar-refractivity contribution in [1.82, 2.24) is 5.32 Å². The van der Waals surface area contributed by atoms with Crippen LogP contribution in [-0.4, -0.2) is 12.3 Å². The summed E-state index contributed by atoms with van der Waals surface area (Å²) in [5, 5.41) is 4.15. The lowest BCUT2D eigenvalue weighted by Gasteiger charge is -2.21. The lowest BCUT2D eigenvalue weighted by Crippen LogP contribution is -2.12. The van der Waals surface area contributed by atoms with E-state index >= 15 is 0 Å². The van der Waals surface area contributed by atoms with Crippen LogP contribution in [0, 0.1) is 0 Å². The van der Waals surface area contributed by atoms with E-state index in [1.807, 2.05) is 7.05 Å². The molecule has 1 aromatic rings. The Morgan fingerprint density at radius 1 is 1.24 bits per heavy atom. The third-order valence-electron chi connectivity index (χ3n) is 3.65. The van der Waals surface area contributed by atoms with Gasteiger partial charge in [-0.05, 0) is 44.5 Å². The minimum Gasteiger partial charge on any atom is -0.313 e. The van der Waals surface area contributed by atoms with E-state index in [0.29, 0.717) is 6.04 Å². The number of thioether (sulfide) groups is 1. The summed E-state index contributed by atoms with van der Waals surface area (Å²) in [5.74, 6) is 0. The Kier molecular flexibility index (Phi) is 4.93. The van der Waals surface area contributed by atoms with Gasteiger partial charge in [-0.25, -0.2) is 0 Å². The maximum absolute atomic E-state index is 3.30. The number of rotatable bonds is 4. The summed E-state index contributed by atoms with van der Waals surface area (Å²) in [6.07, 6.45) is 7.08. The molecular weight excluding hydrogens is 226 g/mol. The van der Waals surface area contributed by atoms with Crippen molar-refractivity contribution < 1.29 is 0 Å². The molecule has 0 radical (unpaired) electrons. The zero-order valence-corrected chi connectivity index (χ0v) is 11.7. The van der Waals surface area contributed by atoms with Crippen molar-refractivity contribution in [3.8, 4) is 0 Å². The van der Waals surface area contributed by atoms with Crippen LogP contribution in [0.1, 0.15) is 50.6 Å². The van der Waals surface area contributed by atoms with E-state index in [9.17, 15) is 0 Å². The lowest BCUT2D eigenvalue weighted by atomic mass is 10.0. The Morgan fingerprint density at radius 3 is 2.71 bits per heavy atom. The predicted octanol–water partition coefficient (Wildman–Crippen LogP) is 4.39. The molecule has 0 saturated heterocycles. The zero-order chi connectivity index (χ0) is 12.1. The van der Waals surface area contributed by atoms with Gasteiger partial charge in [0.1, 0.15) is 0 Å². The predicted molar refractivity (Wildman–Crippen MR) is 76.6 cm³/mol. The number of benzene rings is 1. The smallest absolute Gasteiger partial charge is 0.0289 e. The third-order valence-corrected chi connectivity index (χ3v) is 4.98. The summed E-state index contributed by atoms with van der Waals surface area (Å²) in [7, 11) is 2.02. The first kappa shape index (κ1) is 13.0. The molecule has 1 atom stereocenters. The number of hydrogen-bond acceptors (Lipinski definition) is 2. The molecule has 1 nitrogen and oxygen atoms in total. The van der Waals surface area contributed by atoms with Crippen molar-refractivity contribution in [3.05, 3.63) is 29.8 Å². The summed E-state index contributed by atoms with van der Waals surface area (Å²) in [6.45, 7) is 2.21. The Balaban J connectivity index is 2.00. The van der Waals surface area contributed by atoms with E-state index in [2.05, 4.69) is 48.3 Å². The van der Waals surface area contributed by atoms with Crippen LogP contribution in [0.5, 0.6) is 0 Å². The average molecular weight is 249 g/mol. The fourth-order valence-electron chi connectivity index (χ4n) is 2.40. The van der Waals surface area contributed by atoms with Crippen molar-refractivity contribution in [2.45, 2.75) is 55.2 Å². The van der Waals surface area contributed by atoms with Crippen LogP contribution in [0.2, 0.25) is 0 Å². The second-order valence-corrected chi connectivity index (χ2v) is 6.33. The van der Waals surface area contributed by atoms with Gasteiger partial charge in [-0.15, -0.1) is 11.8 Å². The van der Waals surface area contributed by atoms with Crippen LogP contribution in [0.3, 0.4) is 0 Å². The van der Waals surface area contributed by atoms with Crippen molar-refractivity contribution in [1.29, 1.82) is 0 Å². The standard InChI is InChI=1S/C15H23NS/c1-12(16-2)13-7-6-10-15(11-13)17-14-8-4-3-5-9-14/h6-7,10-12,14,16H,3-5,8-9H2,1-2H3. The minimum atomic E-state index is 0.446. The maximum atomic E-state index is 3.30. The molecular formula is C15H23NS. The topological polar surface area (TPSA) is 12.0 Å². The highest BCUT2D eigenvalue weighted by molar-refractivity contribution is 8.00. The molecule has 0 aliphatic heterocycles. The van der Waals surface area contributed by atoms with Gasteiger partial charge in [-0.1, -0.05) is 31.4 Å². The van der Waals surface area contributed by atoms with Gasteiger partial charge < -0.3 is 5.32 Å². The normalized spacial score (nSPS) is 19.2. The first-order valence-corrected chi connectivity index (χ1v) is 7.61. The lowest BCUT2D eigenvalue weighted by molar-refractivity contribution is 0.516. The van der Waals surface area contributed by atoms with E-state index in [-0.39, 0.29) is 0 Å². The first-order chi connectivity index (χ1) is 8.29. The molecule has 0 spiro atoms. The van der Waals surface area contributed by atoms with E-state index in [0.717, 1.165) is 5.25 Å². The Morgan fingerprint density at radius 2 is 2.00 bits per heavy atom. The summed E-state index contributed by atoms with van der Waals surface area (Å²) in [6, 6.07) is 9.45. The molecule has 2 heteroatoms. The zero-order valence-electron chi connectivity index (χ0n) is 10.9. The van der Waals surface area contributed by atoms with Gasteiger partial charge in [0.25, 0.3) is 0 Å². The summed E-state index contributed by atoms with van der Waals surface area (Å²) in [4.78, 5) is 1.44. The van der Waals surface area contributed by atoms with E-state index in [1.165, 1.54) is 42.6 Å². The molecule has 1 saturated carbocycles. The number of hydrogen-bond donors (Lipinski definition) is 1. The van der Waals surface area contributed by atoms with E-state index < -0.39 is 0 Å². The van der Waals surface area contributed by atoms with Crippen molar-refractivity contribution in [2.75, 3.05) is 7.05 Å². The molecule has 94 valence electrons. The Hall–Kier alpha value is -0.470. The van der Waals surface area contributed by atoms with Crippen molar-refractivity contribution in [3.63, 3.8) is 0 Å². The van der Waals surface area contributed by atoms with Gasteiger partial charge in [-0.2, -0.15) is 0 Å². The molecule has 0 amide bonds. The third kappa shape index (κ3) is 3.75. The van der Waals surface area contributed by atoms with Gasteiger partial charge in [0.2, 0.25) is 0 Å². The second kappa shape index (κ2) is 6.46. The fourth-order valence-corrected chi connectivity index (χ4v) is 3.71. The van der Waals surface area contributed by atoms with Gasteiger partial charge >= 0.3 is 0 Å². The van der Waals surface area contributed by atoms with Crippen LogP contribution in [0.4, 0.5) is 0 Å². The molecule has 0 heterocycles. The monoisotopic (exact) mass is 249 g/mol. The van der Waals surface area contributed by atoms with E-state index in [4.69, 9.17) is 0 Å². The van der Waals surface area contributed by atoms with Gasteiger partial charge in [-0.3, -0.25) is 0 Å². The van der Waals surface area contributed by atoms with Gasteiger partial charge in [0.15, 0.2) is 0 Å². The molecule has 1 aliphatic rings. The molecule has 1 aliphatic carbocycles. The highest BCUT2D eigenvalue weighted by Crippen LogP contribution is 2.34. The van der Waals surface area contributed by atoms with Gasteiger partial charge in [0, 0.05) is 16.2 Å². The summed E-state index contributed by atoms with van der Waals surface area (Å²) < 4.78 is 0. The Bertz CT molecular complexity index is 345. The summed E-state index contributed by atoms with van der Waals surface area (Å²) in [5.41, 5.74) is 1.40. The van der Waals surface area contributed by atoms with Gasteiger partial charge in [0.05, 0.1) is 0 Å². The largest absolute Gasteiger partial charge is 0.313 e. The van der Waals surface area contributed by atoms with Crippen molar-refractivity contribution in [2.24, 2.45) is 0 Å². The minimum absolute atomic E-state index is 0.446. The van der Waals surface area contributed by atoms with Crippen LogP contribution in [0.25, 0.3) is 0 Å². The average Bonchev–Trinajstić information content (AvgIpc) is 2.39. The molecule has 2 rings (SSSR count). The van der Waals surface area contributed by atoms with Crippen molar-refractivity contribution >= 4 is 11.8 Å². The fraction of sp³-hybridized carbons (Fsp3) is 0.600. The van der Waals surface area contributed by atoms with Crippen LogP contribution in [0.15, 0.2) is 29.2 Å². The summed E-state index contributed by atoms with van der Waals surface area (Å²) >= 11 is 2.08. The molecule has 0 bridgehead atoms. The molecule has 1 aromatic carbocycles. The molecule has 1 fully saturated rings. The molecule has 1 unspecified atom stereocenters. The molecule has 0 aromatic heterocycles. The SMILES string of the molecule is CNC(C)c1cccc(SC2CCCCC2)c1. The first-order valence-electron chi connectivity index (χ1n) is 6.73. The van der Waals surface area contributed by atoms with E-state index in [1.54, 1.807) is 0 Å². The highest BCUT2D eigenvalue weighted by atomic mass is 32.2. The molecule has 17 heavy (non-hydrogen) atoms. The highest BCUT2D eigenvalue weighted by Gasteiger charge is 2.14. The quantitative estimate of drug-likeness (QED) is 0.849. The maximum Gasteiger partial charge on any atom is 0.0289 e. The van der Waals surface area contributed by atoms with Crippen LogP contribution in [-0.2, 0) is 0 Å². The van der Waals surface area contributed by atoms with Crippen LogP contribution >= 0.6 is 11.8 Å². The number of nitrogens with one attached hydrogen (secondary N) is 1. The molecule has 1 N–H and O–H groups in total. The second-order valence-electron chi connectivity index (χ2n) is 4.96. The Labute approximate surface area is 109 Å².